The predicted molar refractivity (Wildman–Crippen MR) is 106 cm³/mol. The van der Waals surface area contributed by atoms with E-state index in [1.807, 2.05) is 25.1 Å². The van der Waals surface area contributed by atoms with Crippen LogP contribution in [0.3, 0.4) is 0 Å². The molecule has 0 spiro atoms. The van der Waals surface area contributed by atoms with Gasteiger partial charge in [-0.25, -0.2) is 4.98 Å². The number of hydrogen-bond acceptors (Lipinski definition) is 7. The molecule has 0 radical (unpaired) electrons. The molecule has 3 rings (SSSR count). The van der Waals surface area contributed by atoms with Gasteiger partial charge < -0.3 is 23.9 Å². The average molecular weight is 402 g/mol. The summed E-state index contributed by atoms with van der Waals surface area (Å²) >= 11 is 1.34. The average Bonchev–Trinajstić information content (AvgIpc) is 3.36. The van der Waals surface area contributed by atoms with Crippen LogP contribution in [0.1, 0.15) is 21.8 Å². The van der Waals surface area contributed by atoms with Crippen molar-refractivity contribution in [3.63, 3.8) is 0 Å². The van der Waals surface area contributed by atoms with Crippen LogP contribution < -0.4 is 9.47 Å². The van der Waals surface area contributed by atoms with E-state index >= 15 is 0 Å². The van der Waals surface area contributed by atoms with Gasteiger partial charge >= 0.3 is 0 Å². The van der Waals surface area contributed by atoms with E-state index in [0.717, 1.165) is 11.3 Å². The highest BCUT2D eigenvalue weighted by molar-refractivity contribution is 7.13. The lowest BCUT2D eigenvalue weighted by atomic mass is 10.1. The van der Waals surface area contributed by atoms with E-state index in [4.69, 9.17) is 13.9 Å². The zero-order chi connectivity index (χ0) is 20.1. The molecule has 8 heteroatoms. The summed E-state index contributed by atoms with van der Waals surface area (Å²) in [6.45, 7) is 2.12. The molecule has 0 aliphatic rings. The van der Waals surface area contributed by atoms with Crippen LogP contribution in [0.15, 0.2) is 40.1 Å². The first-order valence-electron chi connectivity index (χ1n) is 8.69. The van der Waals surface area contributed by atoms with Gasteiger partial charge in [-0.3, -0.25) is 4.79 Å². The van der Waals surface area contributed by atoms with Crippen LogP contribution in [0.2, 0.25) is 0 Å². The number of furan rings is 1. The second kappa shape index (κ2) is 8.90. The maximum absolute atomic E-state index is 13.0. The number of carbonyl (C=O) groups is 1. The van der Waals surface area contributed by atoms with Crippen molar-refractivity contribution in [2.24, 2.45) is 0 Å². The third-order valence-electron chi connectivity index (χ3n) is 4.18. The number of benzene rings is 1. The van der Waals surface area contributed by atoms with Crippen LogP contribution in [0, 0.1) is 6.92 Å². The molecule has 0 fully saturated rings. The van der Waals surface area contributed by atoms with E-state index in [1.54, 1.807) is 31.7 Å². The molecule has 2 aromatic heterocycles. The zero-order valence-electron chi connectivity index (χ0n) is 16.0. The number of nitrogens with zero attached hydrogens (tertiary/aromatic N) is 2. The van der Waals surface area contributed by atoms with Gasteiger partial charge in [-0.2, -0.15) is 0 Å². The van der Waals surface area contributed by atoms with E-state index in [-0.39, 0.29) is 25.6 Å². The molecular formula is C20H22N2O5S. The highest BCUT2D eigenvalue weighted by Crippen LogP contribution is 2.28. The number of aliphatic hydroxyl groups is 1. The topological polar surface area (TPSA) is 85.0 Å². The second-order valence-corrected chi connectivity index (χ2v) is 6.93. The number of carbonyl (C=O) groups excluding carboxylic acids is 1. The molecule has 0 bridgehead atoms. The van der Waals surface area contributed by atoms with E-state index in [1.165, 1.54) is 16.2 Å². The van der Waals surface area contributed by atoms with Crippen molar-refractivity contribution in [2.45, 2.75) is 13.5 Å². The lowest BCUT2D eigenvalue weighted by Crippen LogP contribution is -2.33. The molecule has 148 valence electrons. The quantitative estimate of drug-likeness (QED) is 0.622. The molecule has 7 nitrogen and oxygen atoms in total. The van der Waals surface area contributed by atoms with Crippen LogP contribution >= 0.6 is 11.3 Å². The summed E-state index contributed by atoms with van der Waals surface area (Å²) in [5, 5.41) is 11.8. The molecule has 0 saturated heterocycles. The van der Waals surface area contributed by atoms with Crippen molar-refractivity contribution < 1.29 is 23.8 Å². The molecule has 28 heavy (non-hydrogen) atoms. The molecular weight excluding hydrogens is 380 g/mol. The minimum atomic E-state index is -0.273. The molecule has 0 unspecified atom stereocenters. The molecule has 0 atom stereocenters. The Morgan fingerprint density at radius 3 is 2.71 bits per heavy atom. The molecule has 0 aliphatic carbocycles. The first kappa shape index (κ1) is 19.9. The Kier molecular flexibility index (Phi) is 6.33. The predicted octanol–water partition coefficient (Wildman–Crippen LogP) is 3.36. The van der Waals surface area contributed by atoms with E-state index in [9.17, 15) is 9.90 Å². The van der Waals surface area contributed by atoms with Crippen LogP contribution in [-0.4, -0.2) is 48.3 Å². The maximum atomic E-state index is 13.0. The van der Waals surface area contributed by atoms with Crippen molar-refractivity contribution >= 4 is 17.2 Å². The van der Waals surface area contributed by atoms with Gasteiger partial charge in [0.15, 0.2) is 10.8 Å². The molecule has 3 aromatic rings. The van der Waals surface area contributed by atoms with Crippen molar-refractivity contribution in [2.75, 3.05) is 27.4 Å². The number of rotatable bonds is 8. The summed E-state index contributed by atoms with van der Waals surface area (Å²) < 4.78 is 16.2. The zero-order valence-corrected chi connectivity index (χ0v) is 16.8. The van der Waals surface area contributed by atoms with Crippen LogP contribution in [-0.2, 0) is 6.54 Å². The van der Waals surface area contributed by atoms with Gasteiger partial charge in [0, 0.05) is 24.0 Å². The lowest BCUT2D eigenvalue weighted by Gasteiger charge is -2.22. The Labute approximate surface area is 167 Å². The minimum absolute atomic E-state index is 0.160. The van der Waals surface area contributed by atoms with E-state index in [2.05, 4.69) is 4.98 Å². The minimum Gasteiger partial charge on any atom is -0.497 e. The molecule has 1 aromatic carbocycles. The van der Waals surface area contributed by atoms with Crippen molar-refractivity contribution in [3.8, 4) is 22.3 Å². The SMILES string of the molecule is COc1ccc(OC)c(CN(CCO)C(=O)c2csc(-c3ccc(C)o3)n2)c1. The highest BCUT2D eigenvalue weighted by atomic mass is 32.1. The summed E-state index contributed by atoms with van der Waals surface area (Å²) in [5.74, 6) is 2.44. The van der Waals surface area contributed by atoms with Crippen molar-refractivity contribution in [1.29, 1.82) is 0 Å². The molecule has 1 N–H and O–H groups in total. The molecule has 0 aliphatic heterocycles. The van der Waals surface area contributed by atoms with E-state index in [0.29, 0.717) is 28.0 Å². The largest absolute Gasteiger partial charge is 0.497 e. The lowest BCUT2D eigenvalue weighted by molar-refractivity contribution is 0.0701. The number of ether oxygens (including phenoxy) is 2. The van der Waals surface area contributed by atoms with Gasteiger partial charge in [0.2, 0.25) is 0 Å². The fourth-order valence-electron chi connectivity index (χ4n) is 2.78. The van der Waals surface area contributed by atoms with Gasteiger partial charge in [0.05, 0.1) is 20.8 Å². The van der Waals surface area contributed by atoms with Crippen molar-refractivity contribution in [1.82, 2.24) is 9.88 Å². The number of aliphatic hydroxyl groups excluding tert-OH is 1. The second-order valence-electron chi connectivity index (χ2n) is 6.08. The molecule has 0 saturated carbocycles. The van der Waals surface area contributed by atoms with Gasteiger partial charge in [-0.05, 0) is 37.3 Å². The first-order valence-corrected chi connectivity index (χ1v) is 9.57. The van der Waals surface area contributed by atoms with Gasteiger partial charge in [0.25, 0.3) is 5.91 Å². The number of thiazole rings is 1. The molecule has 1 amide bonds. The monoisotopic (exact) mass is 402 g/mol. The summed E-state index contributed by atoms with van der Waals surface area (Å²) in [4.78, 5) is 18.9. The van der Waals surface area contributed by atoms with Crippen LogP contribution in [0.5, 0.6) is 11.5 Å². The van der Waals surface area contributed by atoms with Gasteiger partial charge in [0.1, 0.15) is 23.0 Å². The number of methoxy groups -OCH3 is 2. The normalized spacial score (nSPS) is 10.7. The van der Waals surface area contributed by atoms with Crippen LogP contribution in [0.25, 0.3) is 10.8 Å². The Balaban J connectivity index is 1.84. The fourth-order valence-corrected chi connectivity index (χ4v) is 3.53. The smallest absolute Gasteiger partial charge is 0.273 e. The summed E-state index contributed by atoms with van der Waals surface area (Å²) in [7, 11) is 3.15. The van der Waals surface area contributed by atoms with Crippen LogP contribution in [0.4, 0.5) is 0 Å². The first-order chi connectivity index (χ1) is 13.5. The van der Waals surface area contributed by atoms with Gasteiger partial charge in [-0.1, -0.05) is 0 Å². The third-order valence-corrected chi connectivity index (χ3v) is 5.04. The summed E-state index contributed by atoms with van der Waals surface area (Å²) in [6, 6.07) is 9.07. The Hall–Kier alpha value is -2.84. The third kappa shape index (κ3) is 4.35. The Morgan fingerprint density at radius 1 is 1.25 bits per heavy atom. The van der Waals surface area contributed by atoms with Gasteiger partial charge in [-0.15, -0.1) is 11.3 Å². The number of amides is 1. The summed E-state index contributed by atoms with van der Waals surface area (Å²) in [6.07, 6.45) is 0. The molecule has 2 heterocycles. The highest BCUT2D eigenvalue weighted by Gasteiger charge is 2.21. The fraction of sp³-hybridized carbons (Fsp3) is 0.300. The maximum Gasteiger partial charge on any atom is 0.273 e. The Morgan fingerprint density at radius 2 is 2.07 bits per heavy atom. The number of hydrogen-bond donors (Lipinski definition) is 1. The standard InChI is InChI=1S/C20H22N2O5S/c1-13-4-6-18(27-13)19-21-16(12-28-19)20(24)22(8-9-23)11-14-10-15(25-2)5-7-17(14)26-3/h4-7,10,12,23H,8-9,11H2,1-3H3. The number of aromatic nitrogens is 1. The number of aryl methyl sites for hydroxylation is 1. The van der Waals surface area contributed by atoms with E-state index < -0.39 is 0 Å². The van der Waals surface area contributed by atoms with Crippen molar-refractivity contribution in [3.05, 3.63) is 52.7 Å². The Bertz CT molecular complexity index is 950. The summed E-state index contributed by atoms with van der Waals surface area (Å²) in [5.41, 5.74) is 1.09.